The Balaban J connectivity index is 1.50. The number of ether oxygens (including phenoxy) is 1. The van der Waals surface area contributed by atoms with Gasteiger partial charge in [0, 0.05) is 0 Å². The lowest BCUT2D eigenvalue weighted by Gasteiger charge is -2.23. The predicted octanol–water partition coefficient (Wildman–Crippen LogP) is 2.67. The standard InChI is InChI=1S/C19H20N4O2/c24-17-10-4-9-16-15(17)8-5-11-18(16)25-13-19-20-21-22-23(19)12-14-6-2-1-3-7-14/h1-3,5-8,11,17,24H,4,9-10,12-13H2/t17-/m0/s1. The number of benzene rings is 2. The van der Waals surface area contributed by atoms with Gasteiger partial charge >= 0.3 is 0 Å². The number of hydrogen-bond acceptors (Lipinski definition) is 5. The molecule has 6 nitrogen and oxygen atoms in total. The fourth-order valence-electron chi connectivity index (χ4n) is 3.27. The van der Waals surface area contributed by atoms with E-state index >= 15 is 0 Å². The largest absolute Gasteiger partial charge is 0.485 e. The van der Waals surface area contributed by atoms with Crippen LogP contribution in [0.5, 0.6) is 5.75 Å². The molecule has 1 aliphatic carbocycles. The van der Waals surface area contributed by atoms with Crippen LogP contribution in [-0.4, -0.2) is 25.3 Å². The molecule has 4 rings (SSSR count). The fourth-order valence-corrected chi connectivity index (χ4v) is 3.27. The Bertz CT molecular complexity index is 848. The number of aliphatic hydroxyl groups is 1. The van der Waals surface area contributed by atoms with Crippen LogP contribution in [-0.2, 0) is 19.6 Å². The second-order valence-corrected chi connectivity index (χ2v) is 6.26. The summed E-state index contributed by atoms with van der Waals surface area (Å²) in [5.41, 5.74) is 3.22. The topological polar surface area (TPSA) is 73.1 Å². The van der Waals surface area contributed by atoms with Crippen molar-refractivity contribution in [1.29, 1.82) is 0 Å². The average Bonchev–Trinajstić information content (AvgIpc) is 3.08. The minimum Gasteiger partial charge on any atom is -0.485 e. The molecule has 0 fully saturated rings. The lowest BCUT2D eigenvalue weighted by molar-refractivity contribution is 0.155. The van der Waals surface area contributed by atoms with Crippen LogP contribution in [0.1, 0.15) is 41.5 Å². The van der Waals surface area contributed by atoms with Gasteiger partial charge in [0.05, 0.1) is 12.6 Å². The van der Waals surface area contributed by atoms with E-state index in [-0.39, 0.29) is 0 Å². The third-order valence-corrected chi connectivity index (χ3v) is 4.57. The maximum atomic E-state index is 10.2. The molecule has 25 heavy (non-hydrogen) atoms. The summed E-state index contributed by atoms with van der Waals surface area (Å²) in [6.45, 7) is 0.907. The van der Waals surface area contributed by atoms with Crippen molar-refractivity contribution in [2.75, 3.05) is 0 Å². The average molecular weight is 336 g/mol. The summed E-state index contributed by atoms with van der Waals surface area (Å²) in [5, 5.41) is 22.1. The zero-order valence-corrected chi connectivity index (χ0v) is 13.9. The quantitative estimate of drug-likeness (QED) is 0.775. The maximum Gasteiger partial charge on any atom is 0.189 e. The summed E-state index contributed by atoms with van der Waals surface area (Å²) in [6, 6.07) is 15.9. The van der Waals surface area contributed by atoms with Crippen molar-refractivity contribution in [3.05, 3.63) is 71.0 Å². The molecule has 0 unspecified atom stereocenters. The first-order valence-corrected chi connectivity index (χ1v) is 8.53. The van der Waals surface area contributed by atoms with E-state index in [9.17, 15) is 5.11 Å². The first-order chi connectivity index (χ1) is 12.3. The third kappa shape index (κ3) is 3.39. The highest BCUT2D eigenvalue weighted by Gasteiger charge is 2.21. The summed E-state index contributed by atoms with van der Waals surface area (Å²) < 4.78 is 7.75. The van der Waals surface area contributed by atoms with Crippen molar-refractivity contribution in [3.8, 4) is 5.75 Å². The van der Waals surface area contributed by atoms with Crippen molar-refractivity contribution >= 4 is 0 Å². The molecule has 1 N–H and O–H groups in total. The Hall–Kier alpha value is -2.73. The highest BCUT2D eigenvalue weighted by atomic mass is 16.5. The molecule has 1 atom stereocenters. The molecule has 3 aromatic rings. The predicted molar refractivity (Wildman–Crippen MR) is 92.0 cm³/mol. The van der Waals surface area contributed by atoms with Gasteiger partial charge in [0.2, 0.25) is 0 Å². The summed E-state index contributed by atoms with van der Waals surface area (Å²) in [6.07, 6.45) is 2.32. The molecule has 0 saturated heterocycles. The van der Waals surface area contributed by atoms with Crippen LogP contribution in [0.15, 0.2) is 48.5 Å². The number of aromatic nitrogens is 4. The summed E-state index contributed by atoms with van der Waals surface area (Å²) >= 11 is 0. The van der Waals surface area contributed by atoms with E-state index in [0.717, 1.165) is 41.7 Å². The van der Waals surface area contributed by atoms with Gasteiger partial charge in [-0.2, -0.15) is 0 Å². The van der Waals surface area contributed by atoms with E-state index in [1.807, 2.05) is 48.5 Å². The van der Waals surface area contributed by atoms with Crippen LogP contribution in [0.3, 0.4) is 0 Å². The van der Waals surface area contributed by atoms with Crippen molar-refractivity contribution in [2.45, 2.75) is 38.5 Å². The minimum atomic E-state index is -0.393. The third-order valence-electron chi connectivity index (χ3n) is 4.57. The molecule has 0 amide bonds. The lowest BCUT2D eigenvalue weighted by Crippen LogP contribution is -2.13. The van der Waals surface area contributed by atoms with Crippen LogP contribution in [0.25, 0.3) is 0 Å². The Kier molecular flexibility index (Phi) is 4.43. The molecule has 2 aromatic carbocycles. The minimum absolute atomic E-state index is 0.298. The highest BCUT2D eigenvalue weighted by molar-refractivity contribution is 5.42. The van der Waals surface area contributed by atoms with Gasteiger partial charge < -0.3 is 9.84 Å². The van der Waals surface area contributed by atoms with Gasteiger partial charge in [-0.3, -0.25) is 0 Å². The molecule has 1 heterocycles. The normalized spacial score (nSPS) is 16.4. The molecule has 1 aliphatic rings. The molecule has 0 bridgehead atoms. The van der Waals surface area contributed by atoms with Gasteiger partial charge in [-0.25, -0.2) is 4.68 Å². The molecule has 1 aromatic heterocycles. The van der Waals surface area contributed by atoms with Gasteiger partial charge in [-0.05, 0) is 52.4 Å². The number of tetrazole rings is 1. The molecule has 0 saturated carbocycles. The number of fused-ring (bicyclic) bond motifs is 1. The molecular weight excluding hydrogens is 316 g/mol. The molecular formula is C19H20N4O2. The zero-order chi connectivity index (χ0) is 17.1. The van der Waals surface area contributed by atoms with Gasteiger partial charge in [0.1, 0.15) is 12.4 Å². The second-order valence-electron chi connectivity index (χ2n) is 6.26. The molecule has 0 radical (unpaired) electrons. The molecule has 128 valence electrons. The Morgan fingerprint density at radius 2 is 2.00 bits per heavy atom. The van der Waals surface area contributed by atoms with Gasteiger partial charge in [0.15, 0.2) is 5.82 Å². The molecule has 0 spiro atoms. The highest BCUT2D eigenvalue weighted by Crippen LogP contribution is 2.35. The van der Waals surface area contributed by atoms with Crippen LogP contribution in [0, 0.1) is 0 Å². The number of rotatable bonds is 5. The van der Waals surface area contributed by atoms with Crippen LogP contribution in [0.4, 0.5) is 0 Å². The van der Waals surface area contributed by atoms with E-state index < -0.39 is 6.10 Å². The van der Waals surface area contributed by atoms with Gasteiger partial charge in [0.25, 0.3) is 0 Å². The number of hydrogen-bond donors (Lipinski definition) is 1. The van der Waals surface area contributed by atoms with E-state index in [1.54, 1.807) is 4.68 Å². The van der Waals surface area contributed by atoms with Crippen LogP contribution < -0.4 is 4.74 Å². The van der Waals surface area contributed by atoms with Crippen molar-refractivity contribution in [3.63, 3.8) is 0 Å². The number of nitrogens with zero attached hydrogens (tertiary/aromatic N) is 4. The van der Waals surface area contributed by atoms with Crippen molar-refractivity contribution in [1.82, 2.24) is 20.2 Å². The maximum absolute atomic E-state index is 10.2. The SMILES string of the molecule is O[C@H]1CCCc2c(OCc3nnnn3Cc3ccccc3)cccc21. The molecule has 6 heteroatoms. The van der Waals surface area contributed by atoms with E-state index in [2.05, 4.69) is 15.5 Å². The first-order valence-electron chi connectivity index (χ1n) is 8.53. The van der Waals surface area contributed by atoms with Gasteiger partial charge in [-0.1, -0.05) is 42.5 Å². The smallest absolute Gasteiger partial charge is 0.189 e. The van der Waals surface area contributed by atoms with E-state index in [0.29, 0.717) is 19.0 Å². The van der Waals surface area contributed by atoms with Crippen LogP contribution >= 0.6 is 0 Å². The van der Waals surface area contributed by atoms with E-state index in [4.69, 9.17) is 4.74 Å². The summed E-state index contributed by atoms with van der Waals surface area (Å²) in [4.78, 5) is 0. The Labute approximate surface area is 146 Å². The zero-order valence-electron chi connectivity index (χ0n) is 13.9. The Morgan fingerprint density at radius 1 is 1.12 bits per heavy atom. The second kappa shape index (κ2) is 7.03. The first kappa shape index (κ1) is 15.8. The lowest BCUT2D eigenvalue weighted by atomic mass is 9.89. The summed E-state index contributed by atoms with van der Waals surface area (Å²) in [7, 11) is 0. The molecule has 0 aliphatic heterocycles. The van der Waals surface area contributed by atoms with E-state index in [1.165, 1.54) is 0 Å². The van der Waals surface area contributed by atoms with Crippen molar-refractivity contribution in [2.24, 2.45) is 0 Å². The van der Waals surface area contributed by atoms with Crippen molar-refractivity contribution < 1.29 is 9.84 Å². The van der Waals surface area contributed by atoms with Gasteiger partial charge in [-0.15, -0.1) is 5.10 Å². The fraction of sp³-hybridized carbons (Fsp3) is 0.316. The monoisotopic (exact) mass is 336 g/mol. The van der Waals surface area contributed by atoms with Crippen LogP contribution in [0.2, 0.25) is 0 Å². The number of aliphatic hydroxyl groups excluding tert-OH is 1. The summed E-state index contributed by atoms with van der Waals surface area (Å²) in [5.74, 6) is 1.49. The Morgan fingerprint density at radius 3 is 2.88 bits per heavy atom.